The number of rotatable bonds is 8. The number of amides is 2. The third-order valence-corrected chi connectivity index (χ3v) is 8.26. The first-order valence-electron chi connectivity index (χ1n) is 12.7. The maximum Gasteiger partial charge on any atom is 0.243 e. The van der Waals surface area contributed by atoms with Gasteiger partial charge in [0.2, 0.25) is 11.8 Å². The number of hydrogen-bond donors (Lipinski definition) is 2. The molecule has 2 aromatic rings. The number of nitrogens with two attached hydrogens (primary N) is 1. The van der Waals surface area contributed by atoms with E-state index in [-0.39, 0.29) is 29.9 Å². The SMILES string of the molecule is COc1ccc(CN(Cc2cccs2)C2CCN(C(C)=O)[C@@H](C(=O)NC3CCC(N)CC3)C2)cc1. The molecule has 2 aliphatic rings. The van der Waals surface area contributed by atoms with E-state index in [1.165, 1.54) is 10.4 Å². The number of benzene rings is 1. The molecule has 1 aromatic heterocycles. The fourth-order valence-electron chi connectivity index (χ4n) is 5.35. The van der Waals surface area contributed by atoms with Crippen LogP contribution in [0.3, 0.4) is 0 Å². The Morgan fingerprint density at radius 2 is 1.86 bits per heavy atom. The van der Waals surface area contributed by atoms with Crippen LogP contribution >= 0.6 is 11.3 Å². The van der Waals surface area contributed by atoms with E-state index in [1.807, 2.05) is 12.1 Å². The minimum Gasteiger partial charge on any atom is -0.497 e. The van der Waals surface area contributed by atoms with Gasteiger partial charge < -0.3 is 20.7 Å². The van der Waals surface area contributed by atoms with Crippen LogP contribution in [0.15, 0.2) is 41.8 Å². The predicted molar refractivity (Wildman–Crippen MR) is 139 cm³/mol. The maximum absolute atomic E-state index is 13.4. The van der Waals surface area contributed by atoms with Crippen molar-refractivity contribution in [3.05, 3.63) is 52.2 Å². The molecule has 2 fully saturated rings. The van der Waals surface area contributed by atoms with E-state index in [2.05, 4.69) is 39.9 Å². The number of nitrogens with one attached hydrogen (secondary N) is 1. The number of thiophene rings is 1. The topological polar surface area (TPSA) is 87.9 Å². The Bertz CT molecular complexity index is 957. The molecule has 1 unspecified atom stereocenters. The summed E-state index contributed by atoms with van der Waals surface area (Å²) in [7, 11) is 1.67. The molecular weight excluding hydrogens is 460 g/mol. The first-order chi connectivity index (χ1) is 16.9. The number of piperidine rings is 1. The lowest BCUT2D eigenvalue weighted by Crippen LogP contribution is -2.58. The second-order valence-corrected chi connectivity index (χ2v) is 10.9. The summed E-state index contributed by atoms with van der Waals surface area (Å²) in [5.74, 6) is 0.786. The lowest BCUT2D eigenvalue weighted by atomic mass is 9.90. The second kappa shape index (κ2) is 12.0. The second-order valence-electron chi connectivity index (χ2n) is 9.86. The fourth-order valence-corrected chi connectivity index (χ4v) is 6.08. The zero-order valence-corrected chi connectivity index (χ0v) is 21.6. The highest BCUT2D eigenvalue weighted by Crippen LogP contribution is 2.28. The number of likely N-dealkylation sites (tertiary alicyclic amines) is 1. The van der Waals surface area contributed by atoms with Gasteiger partial charge in [0.15, 0.2) is 0 Å². The van der Waals surface area contributed by atoms with Crippen LogP contribution in [0, 0.1) is 0 Å². The van der Waals surface area contributed by atoms with Crippen LogP contribution in [-0.4, -0.2) is 59.4 Å². The van der Waals surface area contributed by atoms with E-state index in [0.29, 0.717) is 13.0 Å². The smallest absolute Gasteiger partial charge is 0.243 e. The Morgan fingerprint density at radius 1 is 1.11 bits per heavy atom. The number of carbonyl (C=O) groups excluding carboxylic acids is 2. The van der Waals surface area contributed by atoms with Crippen molar-refractivity contribution in [3.8, 4) is 5.75 Å². The number of methoxy groups -OCH3 is 1. The van der Waals surface area contributed by atoms with Gasteiger partial charge in [0.1, 0.15) is 11.8 Å². The van der Waals surface area contributed by atoms with Gasteiger partial charge >= 0.3 is 0 Å². The summed E-state index contributed by atoms with van der Waals surface area (Å²) in [6, 6.07) is 12.6. The normalized spacial score (nSPS) is 24.9. The molecule has 1 saturated carbocycles. The molecule has 0 radical (unpaired) electrons. The van der Waals surface area contributed by atoms with Gasteiger partial charge in [0.25, 0.3) is 0 Å². The molecule has 1 aromatic carbocycles. The highest BCUT2D eigenvalue weighted by atomic mass is 32.1. The molecular formula is C27H38N4O3S. The van der Waals surface area contributed by atoms with Crippen LogP contribution in [0.2, 0.25) is 0 Å². The van der Waals surface area contributed by atoms with Crippen molar-refractivity contribution in [3.63, 3.8) is 0 Å². The summed E-state index contributed by atoms with van der Waals surface area (Å²) in [5.41, 5.74) is 7.25. The summed E-state index contributed by atoms with van der Waals surface area (Å²) in [6.45, 7) is 3.77. The molecule has 7 nitrogen and oxygen atoms in total. The van der Waals surface area contributed by atoms with Gasteiger partial charge in [-0.15, -0.1) is 11.3 Å². The highest BCUT2D eigenvalue weighted by molar-refractivity contribution is 7.09. The average Bonchev–Trinajstić information content (AvgIpc) is 3.38. The zero-order chi connectivity index (χ0) is 24.8. The molecule has 1 aliphatic carbocycles. The molecule has 190 valence electrons. The van der Waals surface area contributed by atoms with Gasteiger partial charge in [0.05, 0.1) is 7.11 Å². The Kier molecular flexibility index (Phi) is 8.81. The van der Waals surface area contributed by atoms with Gasteiger partial charge in [-0.25, -0.2) is 0 Å². The standard InChI is InChI=1S/C27H38N4O3S/c1-19(32)31-14-13-23(16-26(31)27(33)29-22-9-7-21(28)8-10-22)30(18-25-4-3-15-35-25)17-20-5-11-24(34-2)12-6-20/h3-6,11-12,15,21-23,26H,7-10,13-14,16-18,28H2,1-2H3,(H,29,33)/t21?,22?,23?,26-/m1/s1. The molecule has 2 amide bonds. The number of carbonyl (C=O) groups is 2. The van der Waals surface area contributed by atoms with Gasteiger partial charge in [-0.05, 0) is 67.7 Å². The fraction of sp³-hybridized carbons (Fsp3) is 0.556. The molecule has 0 spiro atoms. The van der Waals surface area contributed by atoms with Crippen molar-refractivity contribution in [1.82, 2.24) is 15.1 Å². The molecule has 35 heavy (non-hydrogen) atoms. The quantitative estimate of drug-likeness (QED) is 0.581. The first kappa shape index (κ1) is 25.7. The van der Waals surface area contributed by atoms with Crippen LogP contribution in [-0.2, 0) is 22.7 Å². The van der Waals surface area contributed by atoms with Crippen molar-refractivity contribution < 1.29 is 14.3 Å². The molecule has 1 aliphatic heterocycles. The Morgan fingerprint density at radius 3 is 2.49 bits per heavy atom. The van der Waals surface area contributed by atoms with Crippen molar-refractivity contribution in [2.75, 3.05) is 13.7 Å². The molecule has 0 bridgehead atoms. The van der Waals surface area contributed by atoms with E-state index in [9.17, 15) is 9.59 Å². The zero-order valence-electron chi connectivity index (χ0n) is 20.8. The number of hydrogen-bond acceptors (Lipinski definition) is 6. The predicted octanol–water partition coefficient (Wildman–Crippen LogP) is 3.52. The first-order valence-corrected chi connectivity index (χ1v) is 13.5. The highest BCUT2D eigenvalue weighted by Gasteiger charge is 2.38. The van der Waals surface area contributed by atoms with E-state index in [1.54, 1.807) is 30.3 Å². The lowest BCUT2D eigenvalue weighted by Gasteiger charge is -2.43. The molecule has 4 rings (SSSR count). The Labute approximate surface area is 212 Å². The third kappa shape index (κ3) is 6.84. The summed E-state index contributed by atoms with van der Waals surface area (Å²) < 4.78 is 5.32. The van der Waals surface area contributed by atoms with E-state index >= 15 is 0 Å². The van der Waals surface area contributed by atoms with Crippen LogP contribution in [0.4, 0.5) is 0 Å². The van der Waals surface area contributed by atoms with E-state index < -0.39 is 6.04 Å². The third-order valence-electron chi connectivity index (χ3n) is 7.40. The van der Waals surface area contributed by atoms with Crippen molar-refractivity contribution in [1.29, 1.82) is 0 Å². The lowest BCUT2D eigenvalue weighted by molar-refractivity contribution is -0.142. The summed E-state index contributed by atoms with van der Waals surface area (Å²) in [5, 5.41) is 5.35. The van der Waals surface area contributed by atoms with Crippen LogP contribution < -0.4 is 15.8 Å². The number of ether oxygens (including phenoxy) is 1. The summed E-state index contributed by atoms with van der Waals surface area (Å²) >= 11 is 1.75. The minimum atomic E-state index is -0.441. The van der Waals surface area contributed by atoms with Gasteiger partial charge in [-0.1, -0.05) is 18.2 Å². The van der Waals surface area contributed by atoms with Crippen LogP contribution in [0.25, 0.3) is 0 Å². The maximum atomic E-state index is 13.4. The summed E-state index contributed by atoms with van der Waals surface area (Å²) in [6.07, 6.45) is 5.18. The van der Waals surface area contributed by atoms with E-state index in [0.717, 1.165) is 50.9 Å². The van der Waals surface area contributed by atoms with Crippen LogP contribution in [0.1, 0.15) is 55.9 Å². The number of nitrogens with zero attached hydrogens (tertiary/aromatic N) is 2. The monoisotopic (exact) mass is 498 g/mol. The summed E-state index contributed by atoms with van der Waals surface area (Å²) in [4.78, 5) is 31.4. The molecule has 2 heterocycles. The van der Waals surface area contributed by atoms with Crippen molar-refractivity contribution in [2.45, 2.75) is 82.7 Å². The largest absolute Gasteiger partial charge is 0.497 e. The van der Waals surface area contributed by atoms with Gasteiger partial charge in [-0.2, -0.15) is 0 Å². The molecule has 3 N–H and O–H groups in total. The van der Waals surface area contributed by atoms with Crippen molar-refractivity contribution >= 4 is 23.2 Å². The molecule has 1 saturated heterocycles. The van der Waals surface area contributed by atoms with Gasteiger partial charge in [0, 0.05) is 49.6 Å². The minimum absolute atomic E-state index is 0.0223. The average molecular weight is 499 g/mol. The Hall–Kier alpha value is -2.42. The Balaban J connectivity index is 1.49. The van der Waals surface area contributed by atoms with Crippen LogP contribution in [0.5, 0.6) is 5.75 Å². The molecule has 8 heteroatoms. The van der Waals surface area contributed by atoms with Crippen molar-refractivity contribution in [2.24, 2.45) is 5.73 Å². The van der Waals surface area contributed by atoms with E-state index in [4.69, 9.17) is 10.5 Å². The molecule has 2 atom stereocenters. The van der Waals surface area contributed by atoms with Gasteiger partial charge in [-0.3, -0.25) is 14.5 Å².